The van der Waals surface area contributed by atoms with Gasteiger partial charge in [0, 0.05) is 45.0 Å². The van der Waals surface area contributed by atoms with E-state index in [1.165, 1.54) is 30.5 Å². The Bertz CT molecular complexity index is 966. The molecule has 0 saturated carbocycles. The summed E-state index contributed by atoms with van der Waals surface area (Å²) in [7, 11) is 0. The number of hydrogen-bond acceptors (Lipinski definition) is 5. The molecule has 4 rings (SSSR count). The Hall–Kier alpha value is -3.13. The van der Waals surface area contributed by atoms with Gasteiger partial charge < -0.3 is 20.0 Å². The van der Waals surface area contributed by atoms with Crippen molar-refractivity contribution in [3.05, 3.63) is 65.9 Å². The number of benzene rings is 1. The molecule has 1 aromatic heterocycles. The molecule has 7 nitrogen and oxygen atoms in total. The van der Waals surface area contributed by atoms with Crippen LogP contribution in [0.5, 0.6) is 0 Å². The van der Waals surface area contributed by atoms with Crippen LogP contribution in [0.4, 0.5) is 10.1 Å². The predicted octanol–water partition coefficient (Wildman–Crippen LogP) is 3.40. The quantitative estimate of drug-likeness (QED) is 0.459. The monoisotopic (exact) mass is 468 g/mol. The van der Waals surface area contributed by atoms with Gasteiger partial charge in [-0.3, -0.25) is 14.5 Å². The molecule has 2 amide bonds. The Morgan fingerprint density at radius 1 is 1.00 bits per heavy atom. The third-order valence-corrected chi connectivity index (χ3v) is 6.60. The van der Waals surface area contributed by atoms with E-state index < -0.39 is 11.8 Å². The van der Waals surface area contributed by atoms with Crippen LogP contribution in [0.15, 0.2) is 58.7 Å². The van der Waals surface area contributed by atoms with Crippen molar-refractivity contribution in [2.45, 2.75) is 38.1 Å². The Morgan fingerprint density at radius 2 is 1.76 bits per heavy atom. The van der Waals surface area contributed by atoms with Crippen LogP contribution < -0.4 is 15.5 Å². The summed E-state index contributed by atoms with van der Waals surface area (Å²) in [6, 6.07) is 10.1. The second kappa shape index (κ2) is 11.8. The van der Waals surface area contributed by atoms with E-state index in [4.69, 9.17) is 4.42 Å². The minimum atomic E-state index is -0.626. The standard InChI is InChI=1S/C26H33FN4O3/c27-21-8-10-22(11-9-21)30-14-16-31(17-15-30)23(24-7-4-18-34-24)19-29-26(33)25(32)28-13-12-20-5-2-1-3-6-20/h4-5,7-11,18,23H,1-3,6,12-17,19H2,(H,28,32)(H,29,33)/t23-/m1/s1. The lowest BCUT2D eigenvalue weighted by atomic mass is 9.97. The number of furan rings is 1. The largest absolute Gasteiger partial charge is 0.468 e. The lowest BCUT2D eigenvalue weighted by Gasteiger charge is -2.39. The average Bonchev–Trinajstić information content (AvgIpc) is 3.40. The van der Waals surface area contributed by atoms with Crippen molar-refractivity contribution < 1.29 is 18.4 Å². The second-order valence-electron chi connectivity index (χ2n) is 8.85. The molecule has 1 fully saturated rings. The topological polar surface area (TPSA) is 77.8 Å². The number of halogens is 1. The van der Waals surface area contributed by atoms with Gasteiger partial charge in [-0.25, -0.2) is 4.39 Å². The minimum Gasteiger partial charge on any atom is -0.468 e. The molecule has 2 heterocycles. The molecule has 0 spiro atoms. The average molecular weight is 469 g/mol. The molecule has 2 aliphatic rings. The van der Waals surface area contributed by atoms with Crippen LogP contribution >= 0.6 is 0 Å². The highest BCUT2D eigenvalue weighted by Crippen LogP contribution is 2.24. The van der Waals surface area contributed by atoms with E-state index in [9.17, 15) is 14.0 Å². The zero-order valence-electron chi connectivity index (χ0n) is 19.5. The number of rotatable bonds is 8. The third kappa shape index (κ3) is 6.47. The number of piperazine rings is 1. The molecule has 34 heavy (non-hydrogen) atoms. The fourth-order valence-electron chi connectivity index (χ4n) is 4.65. The molecule has 1 aromatic carbocycles. The number of hydrogen-bond donors (Lipinski definition) is 2. The summed E-state index contributed by atoms with van der Waals surface area (Å²) in [4.78, 5) is 29.1. The molecule has 2 N–H and O–H groups in total. The van der Waals surface area contributed by atoms with E-state index in [-0.39, 0.29) is 18.4 Å². The van der Waals surface area contributed by atoms with E-state index in [2.05, 4.69) is 26.5 Å². The molecule has 1 aliphatic carbocycles. The maximum atomic E-state index is 13.2. The normalized spacial score (nSPS) is 17.7. The Labute approximate surface area is 200 Å². The zero-order valence-corrected chi connectivity index (χ0v) is 19.5. The third-order valence-electron chi connectivity index (χ3n) is 6.60. The fourth-order valence-corrected chi connectivity index (χ4v) is 4.65. The van der Waals surface area contributed by atoms with Crippen molar-refractivity contribution in [2.75, 3.05) is 44.2 Å². The van der Waals surface area contributed by atoms with Crippen LogP contribution in [0.25, 0.3) is 0 Å². The predicted molar refractivity (Wildman–Crippen MR) is 129 cm³/mol. The number of nitrogens with zero attached hydrogens (tertiary/aromatic N) is 2. The van der Waals surface area contributed by atoms with Crippen molar-refractivity contribution in [3.63, 3.8) is 0 Å². The van der Waals surface area contributed by atoms with E-state index >= 15 is 0 Å². The second-order valence-corrected chi connectivity index (χ2v) is 8.85. The lowest BCUT2D eigenvalue weighted by Crippen LogP contribution is -2.50. The van der Waals surface area contributed by atoms with E-state index in [0.717, 1.165) is 56.9 Å². The summed E-state index contributed by atoms with van der Waals surface area (Å²) < 4.78 is 18.9. The molecule has 1 saturated heterocycles. The molecule has 0 bridgehead atoms. The van der Waals surface area contributed by atoms with Gasteiger partial charge in [0.25, 0.3) is 0 Å². The van der Waals surface area contributed by atoms with Gasteiger partial charge in [0.05, 0.1) is 12.3 Å². The van der Waals surface area contributed by atoms with Crippen LogP contribution in [0.3, 0.4) is 0 Å². The number of carbonyl (C=O) groups is 2. The number of anilines is 1. The molecular formula is C26H33FN4O3. The first kappa shape index (κ1) is 24.0. The molecule has 8 heteroatoms. The van der Waals surface area contributed by atoms with Crippen molar-refractivity contribution in [2.24, 2.45) is 0 Å². The van der Waals surface area contributed by atoms with Crippen molar-refractivity contribution in [3.8, 4) is 0 Å². The highest BCUT2D eigenvalue weighted by Gasteiger charge is 2.28. The summed E-state index contributed by atoms with van der Waals surface area (Å²) >= 11 is 0. The Kier molecular flexibility index (Phi) is 8.36. The van der Waals surface area contributed by atoms with Gasteiger partial charge in [-0.1, -0.05) is 11.6 Å². The van der Waals surface area contributed by atoms with Gasteiger partial charge in [0.2, 0.25) is 0 Å². The van der Waals surface area contributed by atoms with E-state index in [1.54, 1.807) is 18.4 Å². The molecule has 1 atom stereocenters. The van der Waals surface area contributed by atoms with Gasteiger partial charge >= 0.3 is 11.8 Å². The van der Waals surface area contributed by atoms with Crippen LogP contribution in [0, 0.1) is 5.82 Å². The molecule has 0 radical (unpaired) electrons. The molecule has 2 aromatic rings. The van der Waals surface area contributed by atoms with Crippen molar-refractivity contribution in [1.29, 1.82) is 0 Å². The van der Waals surface area contributed by atoms with Gasteiger partial charge in [0.15, 0.2) is 0 Å². The first-order valence-corrected chi connectivity index (χ1v) is 12.1. The lowest BCUT2D eigenvalue weighted by molar-refractivity contribution is -0.139. The summed E-state index contributed by atoms with van der Waals surface area (Å²) in [5.74, 6) is -0.721. The fraction of sp³-hybridized carbons (Fsp3) is 0.462. The number of allylic oxidation sites excluding steroid dienone is 1. The molecule has 0 unspecified atom stereocenters. The van der Waals surface area contributed by atoms with Crippen LogP contribution in [-0.4, -0.2) is 56.0 Å². The Morgan fingerprint density at radius 3 is 2.44 bits per heavy atom. The highest BCUT2D eigenvalue weighted by molar-refractivity contribution is 6.35. The molecular weight excluding hydrogens is 435 g/mol. The van der Waals surface area contributed by atoms with E-state index in [1.807, 2.05) is 12.1 Å². The maximum Gasteiger partial charge on any atom is 0.309 e. The van der Waals surface area contributed by atoms with Gasteiger partial charge in [-0.05, 0) is 68.5 Å². The zero-order chi connectivity index (χ0) is 23.8. The van der Waals surface area contributed by atoms with Crippen LogP contribution in [-0.2, 0) is 9.59 Å². The number of carbonyl (C=O) groups excluding carboxylic acids is 2. The van der Waals surface area contributed by atoms with Crippen LogP contribution in [0.1, 0.15) is 43.9 Å². The molecule has 182 valence electrons. The summed E-state index contributed by atoms with van der Waals surface area (Å²) in [6.07, 6.45) is 9.29. The number of nitrogens with one attached hydrogen (secondary N) is 2. The van der Waals surface area contributed by atoms with Crippen molar-refractivity contribution in [1.82, 2.24) is 15.5 Å². The van der Waals surface area contributed by atoms with Crippen LogP contribution in [0.2, 0.25) is 0 Å². The smallest absolute Gasteiger partial charge is 0.309 e. The van der Waals surface area contributed by atoms with Gasteiger partial charge in [-0.2, -0.15) is 0 Å². The van der Waals surface area contributed by atoms with Gasteiger partial charge in [-0.15, -0.1) is 0 Å². The number of amides is 2. The highest BCUT2D eigenvalue weighted by atomic mass is 19.1. The van der Waals surface area contributed by atoms with E-state index in [0.29, 0.717) is 6.54 Å². The summed E-state index contributed by atoms with van der Waals surface area (Å²) in [6.45, 7) is 3.80. The maximum absolute atomic E-state index is 13.2. The summed E-state index contributed by atoms with van der Waals surface area (Å²) in [5, 5.41) is 5.52. The summed E-state index contributed by atoms with van der Waals surface area (Å²) in [5.41, 5.74) is 2.36. The first-order chi connectivity index (χ1) is 16.6. The van der Waals surface area contributed by atoms with Crippen molar-refractivity contribution >= 4 is 17.5 Å². The van der Waals surface area contributed by atoms with Gasteiger partial charge in [0.1, 0.15) is 11.6 Å². The first-order valence-electron chi connectivity index (χ1n) is 12.1. The minimum absolute atomic E-state index is 0.172. The SMILES string of the molecule is O=C(NCCC1=CCCCC1)C(=O)NC[C@H](c1ccco1)N1CCN(c2ccc(F)cc2)CC1. The molecule has 1 aliphatic heterocycles. The Balaban J connectivity index is 1.27.